The zero-order valence-electron chi connectivity index (χ0n) is 15.4. The third-order valence-electron chi connectivity index (χ3n) is 4.93. The van der Waals surface area contributed by atoms with Crippen LogP contribution in [0.2, 0.25) is 0 Å². The highest BCUT2D eigenvalue weighted by Crippen LogP contribution is 2.26. The zero-order valence-corrected chi connectivity index (χ0v) is 16.2. The molecule has 1 amide bonds. The fourth-order valence-corrected chi connectivity index (χ4v) is 4.79. The largest absolute Gasteiger partial charge is 0.326 e. The molecule has 0 aliphatic carbocycles. The zero-order chi connectivity index (χ0) is 19.6. The van der Waals surface area contributed by atoms with E-state index in [-0.39, 0.29) is 29.8 Å². The molecule has 1 fully saturated rings. The molecule has 2 aromatic rings. The quantitative estimate of drug-likeness (QED) is 0.869. The lowest BCUT2D eigenvalue weighted by molar-refractivity contribution is -0.120. The van der Waals surface area contributed by atoms with Crippen LogP contribution in [0.5, 0.6) is 0 Å². The number of hydrogen-bond acceptors (Lipinski definition) is 3. The molecular weight excluding hydrogens is 367 g/mol. The van der Waals surface area contributed by atoms with Crippen LogP contribution >= 0.6 is 0 Å². The number of benzene rings is 2. The summed E-state index contributed by atoms with van der Waals surface area (Å²) in [7, 11) is -3.89. The average Bonchev–Trinajstić information content (AvgIpc) is 2.65. The van der Waals surface area contributed by atoms with Gasteiger partial charge in [0.1, 0.15) is 10.7 Å². The van der Waals surface area contributed by atoms with E-state index in [0.717, 1.165) is 22.9 Å². The molecule has 5 nitrogen and oxygen atoms in total. The van der Waals surface area contributed by atoms with Gasteiger partial charge in [-0.05, 0) is 56.0 Å². The van der Waals surface area contributed by atoms with Crippen molar-refractivity contribution in [3.05, 3.63) is 59.4 Å². The van der Waals surface area contributed by atoms with Crippen molar-refractivity contribution >= 4 is 21.6 Å². The molecule has 0 atom stereocenters. The Hall–Kier alpha value is -2.25. The molecule has 3 rings (SSSR count). The molecule has 0 radical (unpaired) electrons. The molecule has 1 heterocycles. The Morgan fingerprint density at radius 1 is 1.11 bits per heavy atom. The number of carbonyl (C=O) groups excluding carboxylic acids is 1. The Bertz CT molecular complexity index is 951. The van der Waals surface area contributed by atoms with E-state index in [4.69, 9.17) is 0 Å². The summed E-state index contributed by atoms with van der Waals surface area (Å²) in [6, 6.07) is 11.2. The third kappa shape index (κ3) is 4.20. The van der Waals surface area contributed by atoms with Crippen molar-refractivity contribution in [3.8, 4) is 0 Å². The molecule has 0 unspecified atom stereocenters. The first-order valence-electron chi connectivity index (χ1n) is 8.92. The molecule has 0 saturated carbocycles. The molecule has 1 aliphatic heterocycles. The van der Waals surface area contributed by atoms with E-state index >= 15 is 0 Å². The van der Waals surface area contributed by atoms with Crippen molar-refractivity contribution in [2.45, 2.75) is 31.6 Å². The van der Waals surface area contributed by atoms with Crippen LogP contribution in [-0.4, -0.2) is 31.7 Å². The van der Waals surface area contributed by atoms with Crippen LogP contribution in [0.15, 0.2) is 47.4 Å². The highest BCUT2D eigenvalue weighted by atomic mass is 32.2. The van der Waals surface area contributed by atoms with Crippen molar-refractivity contribution in [2.75, 3.05) is 18.4 Å². The molecule has 1 N–H and O–H groups in total. The van der Waals surface area contributed by atoms with E-state index in [1.165, 1.54) is 22.5 Å². The van der Waals surface area contributed by atoms with Gasteiger partial charge in [-0.25, -0.2) is 12.8 Å². The van der Waals surface area contributed by atoms with Gasteiger partial charge in [0.15, 0.2) is 0 Å². The summed E-state index contributed by atoms with van der Waals surface area (Å²) in [6.07, 6.45) is 0.814. The molecule has 0 spiro atoms. The second-order valence-electron chi connectivity index (χ2n) is 6.92. The minimum Gasteiger partial charge on any atom is -0.326 e. The van der Waals surface area contributed by atoms with Gasteiger partial charge in [0.25, 0.3) is 0 Å². The summed E-state index contributed by atoms with van der Waals surface area (Å²) in [5, 5.41) is 2.95. The van der Waals surface area contributed by atoms with E-state index < -0.39 is 15.8 Å². The maximum atomic E-state index is 13.9. The topological polar surface area (TPSA) is 66.5 Å². The van der Waals surface area contributed by atoms with E-state index in [9.17, 15) is 17.6 Å². The number of sulfonamides is 1. The maximum absolute atomic E-state index is 13.9. The van der Waals surface area contributed by atoms with E-state index in [0.29, 0.717) is 12.8 Å². The summed E-state index contributed by atoms with van der Waals surface area (Å²) in [4.78, 5) is 12.3. The summed E-state index contributed by atoms with van der Waals surface area (Å²) in [5.41, 5.74) is 2.82. The second-order valence-corrected chi connectivity index (χ2v) is 8.82. The monoisotopic (exact) mass is 390 g/mol. The summed E-state index contributed by atoms with van der Waals surface area (Å²) < 4.78 is 40.4. The van der Waals surface area contributed by atoms with Crippen LogP contribution in [0.3, 0.4) is 0 Å². The van der Waals surface area contributed by atoms with Crippen molar-refractivity contribution in [1.29, 1.82) is 0 Å². The number of piperidine rings is 1. The van der Waals surface area contributed by atoms with Gasteiger partial charge < -0.3 is 5.32 Å². The fraction of sp³-hybridized carbons (Fsp3) is 0.350. The molecule has 1 saturated heterocycles. The number of carbonyl (C=O) groups is 1. The summed E-state index contributed by atoms with van der Waals surface area (Å²) in [5.74, 6) is -1.13. The summed E-state index contributed by atoms with van der Waals surface area (Å²) >= 11 is 0. The maximum Gasteiger partial charge on any atom is 0.245 e. The first-order valence-corrected chi connectivity index (χ1v) is 10.4. The van der Waals surface area contributed by atoms with Gasteiger partial charge in [0.2, 0.25) is 15.9 Å². The van der Waals surface area contributed by atoms with E-state index in [2.05, 4.69) is 5.32 Å². The highest BCUT2D eigenvalue weighted by molar-refractivity contribution is 7.89. The van der Waals surface area contributed by atoms with Gasteiger partial charge >= 0.3 is 0 Å². The Balaban J connectivity index is 1.66. The molecule has 0 bridgehead atoms. The highest BCUT2D eigenvalue weighted by Gasteiger charge is 2.33. The van der Waals surface area contributed by atoms with Gasteiger partial charge in [-0.3, -0.25) is 4.79 Å². The van der Waals surface area contributed by atoms with Crippen molar-refractivity contribution < 1.29 is 17.6 Å². The van der Waals surface area contributed by atoms with Crippen LogP contribution in [0.25, 0.3) is 0 Å². The van der Waals surface area contributed by atoms with Crippen LogP contribution < -0.4 is 5.32 Å². The first kappa shape index (κ1) is 19.5. The predicted octanol–water partition coefficient (Wildman–Crippen LogP) is 3.48. The minimum atomic E-state index is -3.89. The minimum absolute atomic E-state index is 0.105. The molecule has 0 aromatic heterocycles. The standard InChI is InChI=1S/C20H23FN2O3S/c1-14-7-8-15(2)18(13-14)22-20(24)16-9-11-23(12-10-16)27(25,26)19-6-4-3-5-17(19)21/h3-8,13,16H,9-12H2,1-2H3,(H,22,24). The Kier molecular flexibility index (Phi) is 5.62. The Morgan fingerprint density at radius 3 is 2.44 bits per heavy atom. The van der Waals surface area contributed by atoms with Crippen molar-refractivity contribution in [1.82, 2.24) is 4.31 Å². The number of amides is 1. The molecule has 7 heteroatoms. The number of nitrogens with zero attached hydrogens (tertiary/aromatic N) is 1. The Morgan fingerprint density at radius 2 is 1.78 bits per heavy atom. The number of rotatable bonds is 4. The van der Waals surface area contributed by atoms with E-state index in [1.54, 1.807) is 0 Å². The third-order valence-corrected chi connectivity index (χ3v) is 6.86. The summed E-state index contributed by atoms with van der Waals surface area (Å²) in [6.45, 7) is 4.28. The number of anilines is 1. The predicted molar refractivity (Wildman–Crippen MR) is 102 cm³/mol. The second kappa shape index (κ2) is 7.78. The van der Waals surface area contributed by atoms with Gasteiger partial charge in [0.05, 0.1) is 0 Å². The van der Waals surface area contributed by atoms with Crippen LogP contribution in [0.1, 0.15) is 24.0 Å². The van der Waals surface area contributed by atoms with Gasteiger partial charge in [-0.1, -0.05) is 24.3 Å². The van der Waals surface area contributed by atoms with Crippen molar-refractivity contribution in [2.24, 2.45) is 5.92 Å². The fourth-order valence-electron chi connectivity index (χ4n) is 3.26. The molecular formula is C20H23FN2O3S. The van der Waals surface area contributed by atoms with Crippen LogP contribution in [-0.2, 0) is 14.8 Å². The van der Waals surface area contributed by atoms with Gasteiger partial charge in [-0.15, -0.1) is 0 Å². The van der Waals surface area contributed by atoms with E-state index in [1.807, 2.05) is 32.0 Å². The lowest BCUT2D eigenvalue weighted by atomic mass is 9.97. The molecule has 2 aromatic carbocycles. The van der Waals surface area contributed by atoms with Gasteiger partial charge in [0, 0.05) is 24.7 Å². The normalized spacial score (nSPS) is 16.3. The number of hydrogen-bond donors (Lipinski definition) is 1. The lowest BCUT2D eigenvalue weighted by Gasteiger charge is -2.30. The van der Waals surface area contributed by atoms with Gasteiger partial charge in [-0.2, -0.15) is 4.31 Å². The molecule has 144 valence electrons. The molecule has 1 aliphatic rings. The number of aryl methyl sites for hydroxylation is 2. The average molecular weight is 390 g/mol. The smallest absolute Gasteiger partial charge is 0.245 e. The number of nitrogens with one attached hydrogen (secondary N) is 1. The number of halogens is 1. The van der Waals surface area contributed by atoms with Crippen molar-refractivity contribution in [3.63, 3.8) is 0 Å². The lowest BCUT2D eigenvalue weighted by Crippen LogP contribution is -2.41. The van der Waals surface area contributed by atoms with Crippen LogP contribution in [0.4, 0.5) is 10.1 Å². The SMILES string of the molecule is Cc1ccc(C)c(NC(=O)C2CCN(S(=O)(=O)c3ccccc3F)CC2)c1. The first-order chi connectivity index (χ1) is 12.8. The Labute approximate surface area is 159 Å². The van der Waals surface area contributed by atoms with Crippen LogP contribution in [0, 0.1) is 25.6 Å². The molecule has 27 heavy (non-hydrogen) atoms.